The number of rotatable bonds is 7. The van der Waals surface area contributed by atoms with Gasteiger partial charge in [-0.3, -0.25) is 9.88 Å². The van der Waals surface area contributed by atoms with E-state index in [2.05, 4.69) is 32.3 Å². The molecule has 0 radical (unpaired) electrons. The third-order valence-electron chi connectivity index (χ3n) is 5.91. The SMILES string of the molecule is N#Cc1cncc(-c2cccc(OCCN3CCCC3)c2)c1Nc1ccc2[nH]ccc2c1. The molecule has 0 atom stereocenters. The molecule has 6 nitrogen and oxygen atoms in total. The van der Waals surface area contributed by atoms with E-state index in [0.717, 1.165) is 45.7 Å². The van der Waals surface area contributed by atoms with E-state index in [9.17, 15) is 5.26 Å². The lowest BCUT2D eigenvalue weighted by Crippen LogP contribution is -2.25. The van der Waals surface area contributed by atoms with Gasteiger partial charge in [-0.2, -0.15) is 5.26 Å². The molecule has 2 N–H and O–H groups in total. The van der Waals surface area contributed by atoms with Gasteiger partial charge >= 0.3 is 0 Å². The molecule has 3 heterocycles. The van der Waals surface area contributed by atoms with Crippen molar-refractivity contribution in [3.63, 3.8) is 0 Å². The number of ether oxygens (including phenoxy) is 1. The number of aromatic amines is 1. The van der Waals surface area contributed by atoms with Gasteiger partial charge in [0.1, 0.15) is 18.4 Å². The Hall–Kier alpha value is -3.82. The molecule has 2 aromatic heterocycles. The molecule has 1 fully saturated rings. The van der Waals surface area contributed by atoms with Crippen LogP contribution in [0.4, 0.5) is 11.4 Å². The van der Waals surface area contributed by atoms with E-state index in [1.54, 1.807) is 12.4 Å². The maximum Gasteiger partial charge on any atom is 0.119 e. The second-order valence-corrected chi connectivity index (χ2v) is 8.05. The number of nitrogens with one attached hydrogen (secondary N) is 2. The average molecular weight is 424 g/mol. The molecule has 0 amide bonds. The van der Waals surface area contributed by atoms with Gasteiger partial charge in [-0.25, -0.2) is 0 Å². The normalized spacial score (nSPS) is 13.8. The Balaban J connectivity index is 1.41. The van der Waals surface area contributed by atoms with Crippen molar-refractivity contribution < 1.29 is 4.74 Å². The quantitative estimate of drug-likeness (QED) is 0.421. The van der Waals surface area contributed by atoms with E-state index < -0.39 is 0 Å². The number of pyridine rings is 1. The number of hydrogen-bond acceptors (Lipinski definition) is 5. The molecule has 1 aliphatic rings. The standard InChI is InChI=1S/C26H25N5O/c27-16-21-17-28-18-24(26(21)30-22-6-7-25-20(14-22)8-9-29-25)19-4-3-5-23(15-19)32-13-12-31-10-1-2-11-31/h3-9,14-15,17-18,29H,1-2,10-13H2,(H,28,30). The van der Waals surface area contributed by atoms with Gasteiger partial charge in [-0.05, 0) is 67.9 Å². The Morgan fingerprint density at radius 1 is 1.09 bits per heavy atom. The summed E-state index contributed by atoms with van der Waals surface area (Å²) in [4.78, 5) is 9.95. The number of aromatic nitrogens is 2. The number of hydrogen-bond donors (Lipinski definition) is 2. The highest BCUT2D eigenvalue weighted by atomic mass is 16.5. The molecule has 1 aliphatic heterocycles. The third kappa shape index (κ3) is 4.29. The fourth-order valence-corrected chi connectivity index (χ4v) is 4.23. The number of nitrogens with zero attached hydrogens (tertiary/aromatic N) is 3. The maximum atomic E-state index is 9.72. The molecule has 0 bridgehead atoms. The van der Waals surface area contributed by atoms with Crippen molar-refractivity contribution in [2.45, 2.75) is 12.8 Å². The summed E-state index contributed by atoms with van der Waals surface area (Å²) in [6.07, 6.45) is 7.87. The predicted molar refractivity (Wildman–Crippen MR) is 127 cm³/mol. The van der Waals surface area contributed by atoms with E-state index in [1.807, 2.05) is 48.7 Å². The van der Waals surface area contributed by atoms with E-state index in [0.29, 0.717) is 12.2 Å². The van der Waals surface area contributed by atoms with Crippen LogP contribution in [0.5, 0.6) is 5.75 Å². The van der Waals surface area contributed by atoms with Gasteiger partial charge in [0, 0.05) is 47.3 Å². The fraction of sp³-hybridized carbons (Fsp3) is 0.231. The average Bonchev–Trinajstić information content (AvgIpc) is 3.51. The van der Waals surface area contributed by atoms with Crippen LogP contribution in [-0.4, -0.2) is 41.1 Å². The lowest BCUT2D eigenvalue weighted by molar-refractivity contribution is 0.238. The molecule has 160 valence electrons. The molecular weight excluding hydrogens is 398 g/mol. The van der Waals surface area contributed by atoms with Gasteiger partial charge < -0.3 is 15.0 Å². The molecule has 0 spiro atoms. The first-order chi connectivity index (χ1) is 15.8. The van der Waals surface area contributed by atoms with Crippen LogP contribution in [0.1, 0.15) is 18.4 Å². The summed E-state index contributed by atoms with van der Waals surface area (Å²) in [5.41, 5.74) is 5.05. The molecule has 0 aliphatic carbocycles. The maximum absolute atomic E-state index is 9.72. The zero-order chi connectivity index (χ0) is 21.8. The Kier molecular flexibility index (Phi) is 5.73. The Labute approximate surface area is 187 Å². The van der Waals surface area contributed by atoms with Crippen molar-refractivity contribution in [3.05, 3.63) is 72.7 Å². The number of likely N-dealkylation sites (tertiary alicyclic amines) is 1. The molecule has 1 saturated heterocycles. The first-order valence-electron chi connectivity index (χ1n) is 11.0. The molecular formula is C26H25N5O. The topological polar surface area (TPSA) is 77.0 Å². The highest BCUT2D eigenvalue weighted by Crippen LogP contribution is 2.34. The molecule has 5 rings (SSSR count). The van der Waals surface area contributed by atoms with Gasteiger partial charge in [0.2, 0.25) is 0 Å². The van der Waals surface area contributed by atoms with E-state index >= 15 is 0 Å². The van der Waals surface area contributed by atoms with Gasteiger partial charge in [0.25, 0.3) is 0 Å². The minimum atomic E-state index is 0.497. The summed E-state index contributed by atoms with van der Waals surface area (Å²) in [5, 5.41) is 14.3. The third-order valence-corrected chi connectivity index (χ3v) is 5.91. The van der Waals surface area contributed by atoms with Crippen LogP contribution in [0.15, 0.2) is 67.1 Å². The Morgan fingerprint density at radius 2 is 2.00 bits per heavy atom. The molecule has 4 aromatic rings. The lowest BCUT2D eigenvalue weighted by Gasteiger charge is -2.16. The van der Waals surface area contributed by atoms with Crippen molar-refractivity contribution in [3.8, 4) is 22.9 Å². The predicted octanol–water partition coefficient (Wildman–Crippen LogP) is 5.32. The molecule has 6 heteroatoms. The van der Waals surface area contributed by atoms with Crippen LogP contribution in [-0.2, 0) is 0 Å². The lowest BCUT2D eigenvalue weighted by atomic mass is 10.0. The van der Waals surface area contributed by atoms with Gasteiger partial charge in [0.05, 0.1) is 11.3 Å². The largest absolute Gasteiger partial charge is 0.492 e. The summed E-state index contributed by atoms with van der Waals surface area (Å²) >= 11 is 0. The minimum Gasteiger partial charge on any atom is -0.492 e. The van der Waals surface area contributed by atoms with Crippen molar-refractivity contribution in [1.29, 1.82) is 5.26 Å². The summed E-state index contributed by atoms with van der Waals surface area (Å²) < 4.78 is 6.03. The fourth-order valence-electron chi connectivity index (χ4n) is 4.23. The van der Waals surface area contributed by atoms with Crippen LogP contribution in [0.2, 0.25) is 0 Å². The molecule has 2 aromatic carbocycles. The van der Waals surface area contributed by atoms with Gasteiger partial charge in [-0.1, -0.05) is 12.1 Å². The van der Waals surface area contributed by atoms with Gasteiger partial charge in [0.15, 0.2) is 0 Å². The number of anilines is 2. The second-order valence-electron chi connectivity index (χ2n) is 8.05. The second kappa shape index (κ2) is 9.13. The Morgan fingerprint density at radius 3 is 2.88 bits per heavy atom. The number of benzene rings is 2. The van der Waals surface area contributed by atoms with Crippen LogP contribution >= 0.6 is 0 Å². The van der Waals surface area contributed by atoms with Crippen molar-refractivity contribution in [2.24, 2.45) is 0 Å². The summed E-state index contributed by atoms with van der Waals surface area (Å²) in [7, 11) is 0. The van der Waals surface area contributed by atoms with E-state index in [4.69, 9.17) is 4.74 Å². The zero-order valence-electron chi connectivity index (χ0n) is 17.8. The van der Waals surface area contributed by atoms with Gasteiger partial charge in [-0.15, -0.1) is 0 Å². The minimum absolute atomic E-state index is 0.497. The Bertz CT molecular complexity index is 1270. The van der Waals surface area contributed by atoms with Crippen molar-refractivity contribution in [2.75, 3.05) is 31.6 Å². The summed E-state index contributed by atoms with van der Waals surface area (Å²) in [5.74, 6) is 0.823. The molecule has 0 unspecified atom stereocenters. The van der Waals surface area contributed by atoms with Crippen LogP contribution < -0.4 is 10.1 Å². The number of fused-ring (bicyclic) bond motifs is 1. The van der Waals surface area contributed by atoms with E-state index in [-0.39, 0.29) is 0 Å². The smallest absolute Gasteiger partial charge is 0.119 e. The summed E-state index contributed by atoms with van der Waals surface area (Å²) in [6, 6.07) is 18.4. The zero-order valence-corrected chi connectivity index (χ0v) is 17.8. The highest BCUT2D eigenvalue weighted by Gasteiger charge is 2.14. The molecule has 0 saturated carbocycles. The van der Waals surface area contributed by atoms with Crippen LogP contribution in [0.3, 0.4) is 0 Å². The number of nitriles is 1. The van der Waals surface area contributed by atoms with Crippen molar-refractivity contribution >= 4 is 22.3 Å². The highest BCUT2D eigenvalue weighted by molar-refractivity contribution is 5.88. The number of H-pyrrole nitrogens is 1. The first kappa shape index (κ1) is 20.1. The van der Waals surface area contributed by atoms with Crippen molar-refractivity contribution in [1.82, 2.24) is 14.9 Å². The van der Waals surface area contributed by atoms with E-state index in [1.165, 1.54) is 25.9 Å². The molecule has 32 heavy (non-hydrogen) atoms. The van der Waals surface area contributed by atoms with Crippen LogP contribution in [0, 0.1) is 11.3 Å². The first-order valence-corrected chi connectivity index (χ1v) is 11.0. The monoisotopic (exact) mass is 423 g/mol. The summed E-state index contributed by atoms with van der Waals surface area (Å²) in [6.45, 7) is 3.95. The van der Waals surface area contributed by atoms with Crippen LogP contribution in [0.25, 0.3) is 22.0 Å².